The molecule has 0 amide bonds. The van der Waals surface area contributed by atoms with Gasteiger partial charge in [-0.2, -0.15) is 0 Å². The highest BCUT2D eigenvalue weighted by molar-refractivity contribution is 7.09. The molecule has 17 heavy (non-hydrogen) atoms. The molecule has 1 heterocycles. The Kier molecular flexibility index (Phi) is 3.25. The van der Waals surface area contributed by atoms with Crippen molar-refractivity contribution >= 4 is 19.7 Å². The molecule has 0 radical (unpaired) electrons. The summed E-state index contributed by atoms with van der Waals surface area (Å²) in [4.78, 5) is 4.39. The van der Waals surface area contributed by atoms with Crippen LogP contribution in [0.3, 0.4) is 0 Å². The molecule has 1 fully saturated rings. The van der Waals surface area contributed by atoms with Crippen LogP contribution >= 0.6 is 11.3 Å². The van der Waals surface area contributed by atoms with E-state index in [1.807, 2.05) is 6.20 Å². The third kappa shape index (κ3) is 2.98. The molecule has 1 aromatic heterocycles. The Morgan fingerprint density at radius 3 is 2.47 bits per heavy atom. The van der Waals surface area contributed by atoms with Gasteiger partial charge in [0, 0.05) is 18.0 Å². The van der Waals surface area contributed by atoms with Gasteiger partial charge in [-0.3, -0.25) is 0 Å². The fraction of sp³-hybridized carbons (Fsp3) is 0.769. The monoisotopic (exact) mass is 269 g/mol. The van der Waals surface area contributed by atoms with Gasteiger partial charge in [-0.25, -0.2) is 4.98 Å². The molecule has 0 unspecified atom stereocenters. The SMILES string of the molecule is CC(C)(C)[Si](C)(C)OC1(Cc2nccs2)CC1. The maximum absolute atomic E-state index is 6.58. The quantitative estimate of drug-likeness (QED) is 0.763. The molecule has 1 aliphatic carbocycles. The van der Waals surface area contributed by atoms with Gasteiger partial charge in [-0.05, 0) is 31.0 Å². The van der Waals surface area contributed by atoms with Crippen molar-refractivity contribution in [3.05, 3.63) is 16.6 Å². The van der Waals surface area contributed by atoms with Crippen molar-refractivity contribution in [3.8, 4) is 0 Å². The summed E-state index contributed by atoms with van der Waals surface area (Å²) in [6, 6.07) is 0. The second kappa shape index (κ2) is 4.18. The van der Waals surface area contributed by atoms with Gasteiger partial charge < -0.3 is 4.43 Å². The molecule has 0 N–H and O–H groups in total. The summed E-state index contributed by atoms with van der Waals surface area (Å²) in [7, 11) is -1.63. The Balaban J connectivity index is 2.03. The van der Waals surface area contributed by atoms with Crippen LogP contribution < -0.4 is 0 Å². The molecular weight excluding hydrogens is 246 g/mol. The third-order valence-corrected chi connectivity index (χ3v) is 9.38. The Labute approximate surface area is 110 Å². The van der Waals surface area contributed by atoms with Crippen LogP contribution in [0.4, 0.5) is 0 Å². The maximum atomic E-state index is 6.58. The van der Waals surface area contributed by atoms with E-state index < -0.39 is 8.32 Å². The summed E-state index contributed by atoms with van der Waals surface area (Å²) in [6.45, 7) is 11.6. The van der Waals surface area contributed by atoms with Crippen LogP contribution in [0.15, 0.2) is 11.6 Å². The summed E-state index contributed by atoms with van der Waals surface area (Å²) >= 11 is 1.75. The Hall–Kier alpha value is -0.193. The average molecular weight is 269 g/mol. The van der Waals surface area contributed by atoms with E-state index in [2.05, 4.69) is 44.2 Å². The van der Waals surface area contributed by atoms with Crippen LogP contribution in [0, 0.1) is 0 Å². The molecule has 2 nitrogen and oxygen atoms in total. The van der Waals surface area contributed by atoms with Crippen molar-refractivity contribution in [2.45, 2.75) is 63.8 Å². The fourth-order valence-electron chi connectivity index (χ4n) is 1.76. The maximum Gasteiger partial charge on any atom is 0.192 e. The predicted octanol–water partition coefficient (Wildman–Crippen LogP) is 4.24. The standard InChI is InChI=1S/C13H23NOSSi/c1-12(2,3)17(4,5)15-13(6-7-13)10-11-14-8-9-16-11/h8-9H,6-7,10H2,1-5H3. The summed E-state index contributed by atoms with van der Waals surface area (Å²) in [5.41, 5.74) is 0.126. The molecule has 0 bridgehead atoms. The second-order valence-electron chi connectivity index (χ2n) is 6.65. The number of thiazole rings is 1. The van der Waals surface area contributed by atoms with E-state index in [0.29, 0.717) is 5.04 Å². The zero-order valence-corrected chi connectivity index (χ0v) is 13.4. The van der Waals surface area contributed by atoms with Crippen LogP contribution in [0.1, 0.15) is 38.6 Å². The highest BCUT2D eigenvalue weighted by Gasteiger charge is 2.51. The van der Waals surface area contributed by atoms with E-state index in [-0.39, 0.29) is 5.60 Å². The van der Waals surface area contributed by atoms with Gasteiger partial charge in [0.15, 0.2) is 8.32 Å². The average Bonchev–Trinajstić information content (AvgIpc) is 2.72. The predicted molar refractivity (Wildman–Crippen MR) is 76.1 cm³/mol. The highest BCUT2D eigenvalue weighted by atomic mass is 32.1. The number of nitrogens with zero attached hydrogens (tertiary/aromatic N) is 1. The fourth-order valence-corrected chi connectivity index (χ4v) is 4.18. The molecule has 1 saturated carbocycles. The van der Waals surface area contributed by atoms with Crippen molar-refractivity contribution in [1.82, 2.24) is 4.98 Å². The van der Waals surface area contributed by atoms with Gasteiger partial charge in [-0.15, -0.1) is 11.3 Å². The molecule has 0 aromatic carbocycles. The minimum absolute atomic E-state index is 0.126. The lowest BCUT2D eigenvalue weighted by atomic mass is 10.2. The molecule has 4 heteroatoms. The molecule has 2 rings (SSSR count). The van der Waals surface area contributed by atoms with Gasteiger partial charge in [0.1, 0.15) is 0 Å². The molecule has 96 valence electrons. The lowest BCUT2D eigenvalue weighted by Gasteiger charge is -2.39. The second-order valence-corrected chi connectivity index (χ2v) is 12.4. The van der Waals surface area contributed by atoms with Crippen LogP contribution in [-0.4, -0.2) is 18.9 Å². The number of hydrogen-bond acceptors (Lipinski definition) is 3. The topological polar surface area (TPSA) is 22.1 Å². The number of hydrogen-bond donors (Lipinski definition) is 0. The first-order valence-corrected chi connectivity index (χ1v) is 10.1. The van der Waals surface area contributed by atoms with Gasteiger partial charge in [0.05, 0.1) is 10.6 Å². The van der Waals surface area contributed by atoms with Gasteiger partial charge in [-0.1, -0.05) is 20.8 Å². The van der Waals surface area contributed by atoms with Crippen molar-refractivity contribution in [3.63, 3.8) is 0 Å². The van der Waals surface area contributed by atoms with Crippen molar-refractivity contribution in [2.75, 3.05) is 0 Å². The lowest BCUT2D eigenvalue weighted by Crippen LogP contribution is -2.45. The third-order valence-electron chi connectivity index (χ3n) is 4.04. The molecule has 1 aromatic rings. The summed E-state index contributed by atoms with van der Waals surface area (Å²) < 4.78 is 6.58. The largest absolute Gasteiger partial charge is 0.411 e. The van der Waals surface area contributed by atoms with Crippen LogP contribution in [0.25, 0.3) is 0 Å². The van der Waals surface area contributed by atoms with Crippen LogP contribution in [0.5, 0.6) is 0 Å². The summed E-state index contributed by atoms with van der Waals surface area (Å²) in [5, 5.41) is 3.57. The Morgan fingerprint density at radius 2 is 2.06 bits per heavy atom. The summed E-state index contributed by atoms with van der Waals surface area (Å²) in [6.07, 6.45) is 5.32. The molecule has 1 aliphatic rings. The van der Waals surface area contributed by atoms with Crippen molar-refractivity contribution < 1.29 is 4.43 Å². The molecule has 0 aliphatic heterocycles. The Morgan fingerprint density at radius 1 is 1.41 bits per heavy atom. The highest BCUT2D eigenvalue weighted by Crippen LogP contribution is 2.49. The zero-order chi connectivity index (χ0) is 12.7. The zero-order valence-electron chi connectivity index (χ0n) is 11.5. The lowest BCUT2D eigenvalue weighted by molar-refractivity contribution is 0.158. The van der Waals surface area contributed by atoms with Crippen molar-refractivity contribution in [1.29, 1.82) is 0 Å². The molecule has 0 atom stereocenters. The normalized spacial score (nSPS) is 19.4. The minimum Gasteiger partial charge on any atom is -0.411 e. The van der Waals surface area contributed by atoms with E-state index in [9.17, 15) is 0 Å². The first kappa shape index (κ1) is 13.2. The van der Waals surface area contributed by atoms with Gasteiger partial charge in [0.2, 0.25) is 0 Å². The number of rotatable bonds is 4. The van der Waals surface area contributed by atoms with Gasteiger partial charge in [0.25, 0.3) is 0 Å². The summed E-state index contributed by atoms with van der Waals surface area (Å²) in [5.74, 6) is 0. The Bertz CT molecular complexity index is 377. The van der Waals surface area contributed by atoms with Crippen LogP contribution in [0.2, 0.25) is 18.1 Å². The molecule has 0 saturated heterocycles. The minimum atomic E-state index is -1.63. The smallest absolute Gasteiger partial charge is 0.192 e. The van der Waals surface area contributed by atoms with E-state index in [0.717, 1.165) is 6.42 Å². The van der Waals surface area contributed by atoms with Gasteiger partial charge >= 0.3 is 0 Å². The van der Waals surface area contributed by atoms with E-state index in [1.165, 1.54) is 17.8 Å². The van der Waals surface area contributed by atoms with Crippen molar-refractivity contribution in [2.24, 2.45) is 0 Å². The van der Waals surface area contributed by atoms with E-state index in [1.54, 1.807) is 11.3 Å². The van der Waals surface area contributed by atoms with Crippen LogP contribution in [-0.2, 0) is 10.8 Å². The number of aromatic nitrogens is 1. The molecule has 0 spiro atoms. The van der Waals surface area contributed by atoms with E-state index >= 15 is 0 Å². The van der Waals surface area contributed by atoms with E-state index in [4.69, 9.17) is 4.43 Å². The molecular formula is C13H23NOSSi. The first-order valence-electron chi connectivity index (χ1n) is 6.33. The first-order chi connectivity index (χ1) is 7.74.